The summed E-state index contributed by atoms with van der Waals surface area (Å²) in [6.07, 6.45) is 0. The van der Waals surface area contributed by atoms with Crippen molar-refractivity contribution < 1.29 is 9.53 Å². The number of carbonyl (C=O) groups excluding carboxylic acids is 1. The van der Waals surface area contributed by atoms with Crippen molar-refractivity contribution >= 4 is 28.9 Å². The number of hydrogen-bond acceptors (Lipinski definition) is 4. The lowest BCUT2D eigenvalue weighted by atomic mass is 10.2. The Bertz CT molecular complexity index is 726. The third-order valence-electron chi connectivity index (χ3n) is 2.92. The highest BCUT2D eigenvalue weighted by Gasteiger charge is 2.07. The number of amides is 1. The van der Waals surface area contributed by atoms with Gasteiger partial charge in [0, 0.05) is 5.69 Å². The Morgan fingerprint density at radius 3 is 2.77 bits per heavy atom. The van der Waals surface area contributed by atoms with E-state index in [1.54, 1.807) is 31.4 Å². The van der Waals surface area contributed by atoms with Crippen LogP contribution in [0.1, 0.15) is 5.56 Å². The molecule has 0 radical (unpaired) electrons. The first-order valence-electron chi connectivity index (χ1n) is 6.50. The standard InChI is InChI=1S/C16H14ClN3O2/c1-22-15-5-3-2-4-14(15)19-10-16(21)20-12-7-6-11(9-18)13(17)8-12/h2-8,19H,10H2,1H3,(H,20,21). The molecular weight excluding hydrogens is 302 g/mol. The molecule has 6 heteroatoms. The molecule has 0 aliphatic carbocycles. The summed E-state index contributed by atoms with van der Waals surface area (Å²) < 4.78 is 5.19. The molecule has 0 heterocycles. The van der Waals surface area contributed by atoms with Crippen LogP contribution in [0.3, 0.4) is 0 Å². The molecule has 0 spiro atoms. The van der Waals surface area contributed by atoms with Crippen LogP contribution in [0.5, 0.6) is 5.75 Å². The molecule has 0 aliphatic rings. The molecule has 0 saturated heterocycles. The Labute approximate surface area is 133 Å². The van der Waals surface area contributed by atoms with E-state index in [0.29, 0.717) is 22.0 Å². The molecule has 0 bridgehead atoms. The predicted octanol–water partition coefficient (Wildman–Crippen LogP) is 3.27. The maximum absolute atomic E-state index is 11.9. The number of methoxy groups -OCH3 is 1. The van der Waals surface area contributed by atoms with E-state index in [1.807, 2.05) is 24.3 Å². The first-order chi connectivity index (χ1) is 10.6. The van der Waals surface area contributed by atoms with Crippen LogP contribution >= 0.6 is 11.6 Å². The molecule has 0 fully saturated rings. The van der Waals surface area contributed by atoms with Crippen LogP contribution in [-0.2, 0) is 4.79 Å². The first-order valence-corrected chi connectivity index (χ1v) is 6.88. The van der Waals surface area contributed by atoms with Gasteiger partial charge < -0.3 is 15.4 Å². The molecule has 2 aromatic rings. The average Bonchev–Trinajstić information content (AvgIpc) is 2.53. The van der Waals surface area contributed by atoms with Gasteiger partial charge in [0.1, 0.15) is 11.8 Å². The summed E-state index contributed by atoms with van der Waals surface area (Å²) in [5.74, 6) is 0.434. The second-order valence-corrected chi connectivity index (χ2v) is 4.82. The summed E-state index contributed by atoms with van der Waals surface area (Å²) in [6, 6.07) is 14.0. The molecule has 22 heavy (non-hydrogen) atoms. The molecule has 1 amide bonds. The van der Waals surface area contributed by atoms with Gasteiger partial charge in [-0.3, -0.25) is 4.79 Å². The third kappa shape index (κ3) is 3.90. The number of nitrogens with one attached hydrogen (secondary N) is 2. The minimum Gasteiger partial charge on any atom is -0.495 e. The molecule has 2 aromatic carbocycles. The van der Waals surface area contributed by atoms with Crippen LogP contribution in [0.2, 0.25) is 5.02 Å². The zero-order valence-electron chi connectivity index (χ0n) is 11.9. The van der Waals surface area contributed by atoms with Crippen LogP contribution in [0.4, 0.5) is 11.4 Å². The van der Waals surface area contributed by atoms with Gasteiger partial charge in [0.15, 0.2) is 0 Å². The Kier molecular flexibility index (Phi) is 5.23. The number of nitriles is 1. The van der Waals surface area contributed by atoms with E-state index in [1.165, 1.54) is 0 Å². The second kappa shape index (κ2) is 7.34. The predicted molar refractivity (Wildman–Crippen MR) is 86.3 cm³/mol. The van der Waals surface area contributed by atoms with Crippen LogP contribution in [-0.4, -0.2) is 19.6 Å². The fourth-order valence-electron chi connectivity index (χ4n) is 1.85. The summed E-state index contributed by atoms with van der Waals surface area (Å²) in [7, 11) is 1.57. The summed E-state index contributed by atoms with van der Waals surface area (Å²) in [5.41, 5.74) is 1.64. The monoisotopic (exact) mass is 315 g/mol. The fourth-order valence-corrected chi connectivity index (χ4v) is 2.08. The van der Waals surface area contributed by atoms with Crippen LogP contribution in [0.25, 0.3) is 0 Å². The lowest BCUT2D eigenvalue weighted by Crippen LogP contribution is -2.21. The van der Waals surface area contributed by atoms with Crippen molar-refractivity contribution in [2.45, 2.75) is 0 Å². The number of benzene rings is 2. The molecule has 2 rings (SSSR count). The number of halogens is 1. The Hall–Kier alpha value is -2.71. The van der Waals surface area contributed by atoms with E-state index >= 15 is 0 Å². The van der Waals surface area contributed by atoms with E-state index in [4.69, 9.17) is 21.6 Å². The third-order valence-corrected chi connectivity index (χ3v) is 3.23. The highest BCUT2D eigenvalue weighted by atomic mass is 35.5. The number of carbonyl (C=O) groups is 1. The van der Waals surface area contributed by atoms with E-state index in [-0.39, 0.29) is 12.5 Å². The normalized spacial score (nSPS) is 9.68. The van der Waals surface area contributed by atoms with Crippen molar-refractivity contribution in [3.05, 3.63) is 53.1 Å². The topological polar surface area (TPSA) is 74.2 Å². The number of para-hydroxylation sites is 2. The molecule has 0 aliphatic heterocycles. The first kappa shape index (κ1) is 15.7. The van der Waals surface area contributed by atoms with Crippen molar-refractivity contribution in [1.82, 2.24) is 0 Å². The van der Waals surface area contributed by atoms with Gasteiger partial charge in [-0.1, -0.05) is 23.7 Å². The Balaban J connectivity index is 1.96. The highest BCUT2D eigenvalue weighted by molar-refractivity contribution is 6.32. The molecule has 5 nitrogen and oxygen atoms in total. The van der Waals surface area contributed by atoms with E-state index in [9.17, 15) is 4.79 Å². The number of nitrogens with zero attached hydrogens (tertiary/aromatic N) is 1. The molecule has 0 saturated carbocycles. The van der Waals surface area contributed by atoms with E-state index < -0.39 is 0 Å². The van der Waals surface area contributed by atoms with Gasteiger partial charge in [-0.15, -0.1) is 0 Å². The van der Waals surface area contributed by atoms with Crippen LogP contribution in [0.15, 0.2) is 42.5 Å². The second-order valence-electron chi connectivity index (χ2n) is 4.41. The zero-order valence-corrected chi connectivity index (χ0v) is 12.6. The number of hydrogen-bond donors (Lipinski definition) is 2. The Morgan fingerprint density at radius 1 is 1.32 bits per heavy atom. The van der Waals surface area contributed by atoms with Crippen LogP contribution in [0, 0.1) is 11.3 Å². The largest absolute Gasteiger partial charge is 0.495 e. The molecule has 2 N–H and O–H groups in total. The molecule has 112 valence electrons. The van der Waals surface area contributed by atoms with Crippen molar-refractivity contribution in [3.63, 3.8) is 0 Å². The van der Waals surface area contributed by atoms with Gasteiger partial charge in [0.2, 0.25) is 5.91 Å². The van der Waals surface area contributed by atoms with E-state index in [2.05, 4.69) is 10.6 Å². The fraction of sp³-hybridized carbons (Fsp3) is 0.125. The number of ether oxygens (including phenoxy) is 1. The lowest BCUT2D eigenvalue weighted by Gasteiger charge is -2.11. The maximum atomic E-state index is 11.9. The van der Waals surface area contributed by atoms with Crippen molar-refractivity contribution in [2.75, 3.05) is 24.3 Å². The minimum absolute atomic E-state index is 0.0813. The molecule has 0 aromatic heterocycles. The Morgan fingerprint density at radius 2 is 2.09 bits per heavy atom. The number of rotatable bonds is 5. The van der Waals surface area contributed by atoms with Crippen LogP contribution < -0.4 is 15.4 Å². The van der Waals surface area contributed by atoms with Gasteiger partial charge in [-0.05, 0) is 30.3 Å². The van der Waals surface area contributed by atoms with Gasteiger partial charge in [-0.2, -0.15) is 5.26 Å². The van der Waals surface area contributed by atoms with Gasteiger partial charge in [0.05, 0.1) is 29.9 Å². The molecule has 0 atom stereocenters. The number of anilines is 2. The average molecular weight is 316 g/mol. The maximum Gasteiger partial charge on any atom is 0.243 e. The summed E-state index contributed by atoms with van der Waals surface area (Å²) >= 11 is 5.92. The summed E-state index contributed by atoms with van der Waals surface area (Å²) in [6.45, 7) is 0.0813. The highest BCUT2D eigenvalue weighted by Crippen LogP contribution is 2.23. The SMILES string of the molecule is COc1ccccc1NCC(=O)Nc1ccc(C#N)c(Cl)c1. The summed E-state index contributed by atoms with van der Waals surface area (Å²) in [4.78, 5) is 11.9. The molecular formula is C16H14ClN3O2. The minimum atomic E-state index is -0.230. The van der Waals surface area contributed by atoms with Gasteiger partial charge >= 0.3 is 0 Å². The van der Waals surface area contributed by atoms with Gasteiger partial charge in [-0.25, -0.2) is 0 Å². The quantitative estimate of drug-likeness (QED) is 0.888. The summed E-state index contributed by atoms with van der Waals surface area (Å²) in [5, 5.41) is 14.8. The van der Waals surface area contributed by atoms with Crippen molar-refractivity contribution in [1.29, 1.82) is 5.26 Å². The zero-order chi connectivity index (χ0) is 15.9. The molecule has 0 unspecified atom stereocenters. The smallest absolute Gasteiger partial charge is 0.243 e. The van der Waals surface area contributed by atoms with Crippen molar-refractivity contribution in [2.24, 2.45) is 0 Å². The van der Waals surface area contributed by atoms with Crippen molar-refractivity contribution in [3.8, 4) is 11.8 Å². The van der Waals surface area contributed by atoms with Gasteiger partial charge in [0.25, 0.3) is 0 Å². The lowest BCUT2D eigenvalue weighted by molar-refractivity contribution is -0.114. The van der Waals surface area contributed by atoms with E-state index in [0.717, 1.165) is 5.69 Å².